The number of carbonyl (C=O) groups is 2. The number of hydrogen-bond donors (Lipinski definition) is 3. The monoisotopic (exact) mass is 346 g/mol. The molecular weight excluding hydrogens is 324 g/mol. The van der Waals surface area contributed by atoms with Crippen molar-refractivity contribution in [3.63, 3.8) is 0 Å². The highest BCUT2D eigenvalue weighted by molar-refractivity contribution is 7.10. The minimum Gasteiger partial charge on any atom is -0.481 e. The molecule has 0 aliphatic carbocycles. The maximum atomic E-state index is 12.2. The van der Waals surface area contributed by atoms with Crippen molar-refractivity contribution in [2.75, 3.05) is 0 Å². The van der Waals surface area contributed by atoms with E-state index in [9.17, 15) is 9.59 Å². The van der Waals surface area contributed by atoms with Crippen LogP contribution in [0.25, 0.3) is 0 Å². The van der Waals surface area contributed by atoms with Crippen molar-refractivity contribution in [1.82, 2.24) is 10.6 Å². The summed E-state index contributed by atoms with van der Waals surface area (Å²) >= 11 is 1.59. The summed E-state index contributed by atoms with van der Waals surface area (Å²) in [5, 5.41) is 16.7. The molecule has 0 saturated carbocycles. The molecular formula is C18H22N2O3S. The Kier molecular flexibility index (Phi) is 6.81. The smallest absolute Gasteiger partial charge is 0.315 e. The van der Waals surface area contributed by atoms with E-state index in [0.29, 0.717) is 12.8 Å². The SMILES string of the molecule is CC(NC(=O)NC(CCC(=O)O)Cc1ccccc1)c1cccs1. The molecule has 0 saturated heterocycles. The molecule has 0 bridgehead atoms. The van der Waals surface area contributed by atoms with Crippen LogP contribution >= 0.6 is 11.3 Å². The summed E-state index contributed by atoms with van der Waals surface area (Å²) in [6, 6.07) is 13.1. The van der Waals surface area contributed by atoms with Gasteiger partial charge in [-0.25, -0.2) is 4.79 Å². The first-order valence-electron chi connectivity index (χ1n) is 7.90. The summed E-state index contributed by atoms with van der Waals surface area (Å²) < 4.78 is 0. The molecule has 0 aliphatic heterocycles. The van der Waals surface area contributed by atoms with Crippen LogP contribution < -0.4 is 10.6 Å². The van der Waals surface area contributed by atoms with E-state index < -0.39 is 5.97 Å². The lowest BCUT2D eigenvalue weighted by Crippen LogP contribution is -2.44. The molecule has 2 amide bonds. The van der Waals surface area contributed by atoms with Gasteiger partial charge < -0.3 is 15.7 Å². The van der Waals surface area contributed by atoms with E-state index in [1.165, 1.54) is 0 Å². The molecule has 24 heavy (non-hydrogen) atoms. The number of carboxylic acid groups (broad SMARTS) is 1. The molecule has 3 N–H and O–H groups in total. The molecule has 0 radical (unpaired) electrons. The first-order chi connectivity index (χ1) is 11.5. The Balaban J connectivity index is 1.93. The van der Waals surface area contributed by atoms with E-state index in [0.717, 1.165) is 10.4 Å². The Morgan fingerprint density at radius 3 is 2.50 bits per heavy atom. The second-order valence-corrected chi connectivity index (χ2v) is 6.65. The minimum absolute atomic E-state index is 0.0261. The third-order valence-corrected chi connectivity index (χ3v) is 4.74. The predicted octanol–water partition coefficient (Wildman–Crippen LogP) is 3.58. The van der Waals surface area contributed by atoms with Gasteiger partial charge in [-0.3, -0.25) is 4.79 Å². The molecule has 1 aromatic carbocycles. The average molecular weight is 346 g/mol. The lowest BCUT2D eigenvalue weighted by atomic mass is 10.0. The minimum atomic E-state index is -0.859. The Morgan fingerprint density at radius 2 is 1.88 bits per heavy atom. The summed E-state index contributed by atoms with van der Waals surface area (Å²) in [6.07, 6.45) is 1.03. The number of rotatable bonds is 8. The van der Waals surface area contributed by atoms with Crippen LogP contribution in [0.3, 0.4) is 0 Å². The fraction of sp³-hybridized carbons (Fsp3) is 0.333. The van der Waals surface area contributed by atoms with Crippen LogP contribution in [0.5, 0.6) is 0 Å². The standard InChI is InChI=1S/C18H22N2O3S/c1-13(16-8-5-11-24-16)19-18(23)20-15(9-10-17(21)22)12-14-6-3-2-4-7-14/h2-8,11,13,15H,9-10,12H2,1H3,(H,21,22)(H2,19,20,23). The molecule has 1 aromatic heterocycles. The van der Waals surface area contributed by atoms with Crippen molar-refractivity contribution in [3.05, 3.63) is 58.3 Å². The highest BCUT2D eigenvalue weighted by Crippen LogP contribution is 2.18. The lowest BCUT2D eigenvalue weighted by molar-refractivity contribution is -0.137. The van der Waals surface area contributed by atoms with Crippen molar-refractivity contribution < 1.29 is 14.7 Å². The number of carbonyl (C=O) groups excluding carboxylic acids is 1. The number of carboxylic acids is 1. The number of thiophene rings is 1. The first-order valence-corrected chi connectivity index (χ1v) is 8.78. The van der Waals surface area contributed by atoms with Gasteiger partial charge in [0.05, 0.1) is 6.04 Å². The molecule has 0 spiro atoms. The summed E-state index contributed by atoms with van der Waals surface area (Å²) in [5.74, 6) is -0.859. The van der Waals surface area contributed by atoms with Crippen molar-refractivity contribution >= 4 is 23.3 Å². The van der Waals surface area contributed by atoms with E-state index in [2.05, 4.69) is 10.6 Å². The molecule has 2 aromatic rings. The number of hydrogen-bond acceptors (Lipinski definition) is 3. The second-order valence-electron chi connectivity index (χ2n) is 5.67. The number of amides is 2. The molecule has 2 rings (SSSR count). The van der Waals surface area contributed by atoms with Gasteiger partial charge in [-0.2, -0.15) is 0 Å². The summed E-state index contributed by atoms with van der Waals surface area (Å²) in [4.78, 5) is 24.2. The van der Waals surface area contributed by atoms with Gasteiger partial charge in [0.25, 0.3) is 0 Å². The van der Waals surface area contributed by atoms with E-state index in [-0.39, 0.29) is 24.5 Å². The van der Waals surface area contributed by atoms with Crippen molar-refractivity contribution in [2.24, 2.45) is 0 Å². The topological polar surface area (TPSA) is 78.4 Å². The highest BCUT2D eigenvalue weighted by Gasteiger charge is 2.16. The molecule has 128 valence electrons. The third kappa shape index (κ3) is 6.04. The lowest BCUT2D eigenvalue weighted by Gasteiger charge is -2.20. The Bertz CT molecular complexity index is 644. The number of nitrogens with one attached hydrogen (secondary N) is 2. The van der Waals surface area contributed by atoms with Crippen LogP contribution in [0.2, 0.25) is 0 Å². The van der Waals surface area contributed by atoms with Crippen LogP contribution in [0, 0.1) is 0 Å². The van der Waals surface area contributed by atoms with Gasteiger partial charge >= 0.3 is 12.0 Å². The summed E-state index contributed by atoms with van der Waals surface area (Å²) in [7, 11) is 0. The van der Waals surface area contributed by atoms with Crippen molar-refractivity contribution in [1.29, 1.82) is 0 Å². The Morgan fingerprint density at radius 1 is 1.12 bits per heavy atom. The van der Waals surface area contributed by atoms with Crippen LogP contribution in [0.15, 0.2) is 47.8 Å². The maximum Gasteiger partial charge on any atom is 0.315 e. The molecule has 2 unspecified atom stereocenters. The van der Waals surface area contributed by atoms with Crippen LogP contribution in [-0.4, -0.2) is 23.1 Å². The van der Waals surface area contributed by atoms with Gasteiger partial charge in [0.2, 0.25) is 0 Å². The van der Waals surface area contributed by atoms with Gasteiger partial charge in [-0.05, 0) is 36.8 Å². The Hall–Kier alpha value is -2.34. The highest BCUT2D eigenvalue weighted by atomic mass is 32.1. The number of aliphatic carboxylic acids is 1. The van der Waals surface area contributed by atoms with E-state index >= 15 is 0 Å². The van der Waals surface area contributed by atoms with Crippen LogP contribution in [0.1, 0.15) is 36.2 Å². The van der Waals surface area contributed by atoms with Gasteiger partial charge in [-0.1, -0.05) is 36.4 Å². The molecule has 1 heterocycles. The zero-order valence-electron chi connectivity index (χ0n) is 13.6. The van der Waals surface area contributed by atoms with Gasteiger partial charge in [0, 0.05) is 17.3 Å². The first kappa shape index (κ1) is 18.0. The van der Waals surface area contributed by atoms with Crippen LogP contribution in [-0.2, 0) is 11.2 Å². The van der Waals surface area contributed by atoms with Gasteiger partial charge in [0.1, 0.15) is 0 Å². The predicted molar refractivity (Wildman–Crippen MR) is 95.2 cm³/mol. The largest absolute Gasteiger partial charge is 0.481 e. The van der Waals surface area contributed by atoms with Crippen LogP contribution in [0.4, 0.5) is 4.79 Å². The second kappa shape index (κ2) is 9.08. The molecule has 0 fully saturated rings. The summed E-state index contributed by atoms with van der Waals surface area (Å²) in [5.41, 5.74) is 1.07. The zero-order chi connectivity index (χ0) is 17.4. The fourth-order valence-electron chi connectivity index (χ4n) is 2.45. The zero-order valence-corrected chi connectivity index (χ0v) is 14.4. The average Bonchev–Trinajstić information content (AvgIpc) is 3.08. The number of benzene rings is 1. The van der Waals surface area contributed by atoms with E-state index in [4.69, 9.17) is 5.11 Å². The van der Waals surface area contributed by atoms with Crippen molar-refractivity contribution in [3.8, 4) is 0 Å². The van der Waals surface area contributed by atoms with Gasteiger partial charge in [-0.15, -0.1) is 11.3 Å². The van der Waals surface area contributed by atoms with E-state index in [1.807, 2.05) is 54.8 Å². The molecule has 6 heteroatoms. The quantitative estimate of drug-likeness (QED) is 0.683. The molecule has 5 nitrogen and oxygen atoms in total. The maximum absolute atomic E-state index is 12.2. The normalized spacial score (nSPS) is 13.0. The summed E-state index contributed by atoms with van der Waals surface area (Å²) in [6.45, 7) is 1.93. The molecule has 2 atom stereocenters. The van der Waals surface area contributed by atoms with E-state index in [1.54, 1.807) is 11.3 Å². The Labute approximate surface area is 145 Å². The van der Waals surface area contributed by atoms with Gasteiger partial charge in [0.15, 0.2) is 0 Å². The third-order valence-electron chi connectivity index (χ3n) is 3.68. The molecule has 0 aliphatic rings. The fourth-order valence-corrected chi connectivity index (χ4v) is 3.19. The van der Waals surface area contributed by atoms with Crippen molar-refractivity contribution in [2.45, 2.75) is 38.3 Å². The number of urea groups is 1.